The molecule has 0 fully saturated rings. The molecule has 0 spiro atoms. The van der Waals surface area contributed by atoms with Crippen LogP contribution >= 0.6 is 0 Å². The minimum Gasteiger partial charge on any atom is -0.744 e. The third-order valence-corrected chi connectivity index (χ3v) is 6.43. The number of rotatable bonds is 4. The summed E-state index contributed by atoms with van der Waals surface area (Å²) in [5, 5.41) is 2.63. The Labute approximate surface area is 224 Å². The zero-order chi connectivity index (χ0) is 20.8. The van der Waals surface area contributed by atoms with Gasteiger partial charge in [-0.2, -0.15) is 0 Å². The molecule has 0 aromatic heterocycles. The molecule has 4 aromatic carbocycles. The van der Waals surface area contributed by atoms with Crippen molar-refractivity contribution < 1.29 is 85.1 Å². The number of fused-ring (bicyclic) bond motifs is 2. The summed E-state index contributed by atoms with van der Waals surface area (Å²) in [6.07, 6.45) is 0.147. The van der Waals surface area contributed by atoms with Gasteiger partial charge < -0.3 is 9.11 Å². The summed E-state index contributed by atoms with van der Waals surface area (Å²) in [5.74, 6) is 0. The summed E-state index contributed by atoms with van der Waals surface area (Å²) >= 11 is 0. The first-order valence-corrected chi connectivity index (χ1v) is 11.4. The van der Waals surface area contributed by atoms with Crippen molar-refractivity contribution in [3.8, 4) is 0 Å². The van der Waals surface area contributed by atoms with Crippen LogP contribution in [0, 0.1) is 0 Å². The van der Waals surface area contributed by atoms with Crippen LogP contribution in [0.1, 0.15) is 11.1 Å². The van der Waals surface area contributed by atoms with Gasteiger partial charge in [0.25, 0.3) is 0 Å². The second-order valence-corrected chi connectivity index (χ2v) is 9.45. The molecule has 0 saturated carbocycles. The second kappa shape index (κ2) is 10.0. The van der Waals surface area contributed by atoms with Gasteiger partial charge in [-0.15, -0.1) is 0 Å². The second-order valence-electron chi connectivity index (χ2n) is 6.69. The molecule has 0 heterocycles. The van der Waals surface area contributed by atoms with Crippen LogP contribution in [0.4, 0.5) is 0 Å². The zero-order valence-corrected chi connectivity index (χ0v) is 22.5. The van der Waals surface area contributed by atoms with E-state index in [4.69, 9.17) is 0 Å². The SMILES string of the molecule is O=S(=O)([O-])c1cc(Cc2cc(S(=O)(=O)[O-])cc3ccccc23)c2ccccc2c1.[Na+].[Na+]. The Morgan fingerprint density at radius 2 is 0.935 bits per heavy atom. The van der Waals surface area contributed by atoms with E-state index >= 15 is 0 Å². The average molecular weight is 472 g/mol. The van der Waals surface area contributed by atoms with Gasteiger partial charge >= 0.3 is 59.1 Å². The predicted octanol–water partition coefficient (Wildman–Crippen LogP) is -2.60. The maximum atomic E-state index is 11.6. The van der Waals surface area contributed by atoms with Gasteiger partial charge in [0.2, 0.25) is 0 Å². The van der Waals surface area contributed by atoms with Gasteiger partial charge in [-0.3, -0.25) is 0 Å². The van der Waals surface area contributed by atoms with Gasteiger partial charge in [0.05, 0.1) is 9.79 Å². The van der Waals surface area contributed by atoms with Crippen molar-refractivity contribution in [3.05, 3.63) is 83.9 Å². The Balaban J connectivity index is 0.00000171. The summed E-state index contributed by atoms with van der Waals surface area (Å²) in [4.78, 5) is -0.716. The van der Waals surface area contributed by atoms with Crippen LogP contribution in [-0.2, 0) is 26.7 Å². The van der Waals surface area contributed by atoms with Crippen molar-refractivity contribution in [2.24, 2.45) is 0 Å². The Bertz CT molecular complexity index is 1370. The van der Waals surface area contributed by atoms with Crippen LogP contribution in [-0.4, -0.2) is 25.9 Å². The molecule has 0 radical (unpaired) electrons. The fourth-order valence-electron chi connectivity index (χ4n) is 3.51. The fraction of sp³-hybridized carbons (Fsp3) is 0.0476. The van der Waals surface area contributed by atoms with Crippen molar-refractivity contribution in [2.75, 3.05) is 0 Å². The summed E-state index contributed by atoms with van der Waals surface area (Å²) in [5.41, 5.74) is 1.09. The molecule has 0 bridgehead atoms. The quantitative estimate of drug-likeness (QED) is 0.238. The van der Waals surface area contributed by atoms with Crippen molar-refractivity contribution in [2.45, 2.75) is 16.2 Å². The summed E-state index contributed by atoms with van der Waals surface area (Å²) in [6, 6.07) is 19.3. The Morgan fingerprint density at radius 3 is 1.29 bits per heavy atom. The van der Waals surface area contributed by atoms with Crippen LogP contribution in [0.5, 0.6) is 0 Å². The molecule has 148 valence electrons. The van der Waals surface area contributed by atoms with Crippen molar-refractivity contribution in [3.63, 3.8) is 0 Å². The summed E-state index contributed by atoms with van der Waals surface area (Å²) < 4.78 is 69.6. The van der Waals surface area contributed by atoms with E-state index in [1.54, 1.807) is 48.5 Å². The maximum absolute atomic E-state index is 11.6. The van der Waals surface area contributed by atoms with Crippen molar-refractivity contribution in [1.29, 1.82) is 0 Å². The van der Waals surface area contributed by atoms with Crippen LogP contribution in [0.3, 0.4) is 0 Å². The third-order valence-electron chi connectivity index (χ3n) is 4.80. The van der Waals surface area contributed by atoms with Crippen LogP contribution < -0.4 is 59.1 Å². The molecule has 4 rings (SSSR count). The normalized spacial score (nSPS) is 11.7. The molecule has 0 saturated heterocycles. The molecule has 31 heavy (non-hydrogen) atoms. The topological polar surface area (TPSA) is 114 Å². The largest absolute Gasteiger partial charge is 1.00 e. The maximum Gasteiger partial charge on any atom is 1.00 e. The third kappa shape index (κ3) is 5.78. The molecule has 10 heteroatoms. The molecular weight excluding hydrogens is 458 g/mol. The predicted molar refractivity (Wildman–Crippen MR) is 107 cm³/mol. The van der Waals surface area contributed by atoms with E-state index in [1.165, 1.54) is 24.3 Å². The van der Waals surface area contributed by atoms with Gasteiger partial charge in [-0.1, -0.05) is 48.5 Å². The Hall–Kier alpha value is -0.780. The van der Waals surface area contributed by atoms with Crippen molar-refractivity contribution in [1.82, 2.24) is 0 Å². The van der Waals surface area contributed by atoms with Gasteiger partial charge in [0.15, 0.2) is 0 Å². The fourth-order valence-corrected chi connectivity index (χ4v) is 4.62. The molecule has 0 unspecified atom stereocenters. The van der Waals surface area contributed by atoms with E-state index in [0.717, 1.165) is 10.8 Å². The first-order chi connectivity index (χ1) is 13.6. The Kier molecular flexibility index (Phi) is 8.55. The first-order valence-electron chi connectivity index (χ1n) is 8.58. The van der Waals surface area contributed by atoms with E-state index in [9.17, 15) is 25.9 Å². The molecule has 4 aromatic rings. The molecule has 6 nitrogen and oxygen atoms in total. The minimum absolute atomic E-state index is 0. The number of benzene rings is 4. The first kappa shape index (κ1) is 26.5. The monoisotopic (exact) mass is 472 g/mol. The Morgan fingerprint density at radius 1 is 0.581 bits per heavy atom. The minimum atomic E-state index is -4.68. The molecular formula is C21H14Na2O6S2. The van der Waals surface area contributed by atoms with Gasteiger partial charge in [0, 0.05) is 0 Å². The summed E-state index contributed by atoms with van der Waals surface area (Å²) in [6.45, 7) is 0. The number of hydrogen-bond donors (Lipinski definition) is 0. The molecule has 0 N–H and O–H groups in total. The van der Waals surface area contributed by atoms with E-state index in [2.05, 4.69) is 0 Å². The molecule has 0 atom stereocenters. The summed E-state index contributed by atoms with van der Waals surface area (Å²) in [7, 11) is -9.36. The van der Waals surface area contributed by atoms with E-state index in [-0.39, 0.29) is 75.3 Å². The smallest absolute Gasteiger partial charge is 0.744 e. The molecule has 0 amide bonds. The number of hydrogen-bond acceptors (Lipinski definition) is 6. The standard InChI is InChI=1S/C21H16O6S2.2Na/c22-28(23,24)18-10-14-5-1-3-7-20(14)16(12-18)9-17-13-19(29(25,26)27)11-15-6-2-4-8-21(15)17;;/h1-8,10-13H,9H2,(H,22,23,24)(H,25,26,27);;/q;2*+1/p-2. The van der Waals surface area contributed by atoms with Gasteiger partial charge in [0.1, 0.15) is 20.2 Å². The molecule has 0 aliphatic rings. The molecule has 0 aliphatic carbocycles. The van der Waals surface area contributed by atoms with E-state index in [1.807, 2.05) is 0 Å². The van der Waals surface area contributed by atoms with E-state index < -0.39 is 20.2 Å². The zero-order valence-electron chi connectivity index (χ0n) is 16.9. The van der Waals surface area contributed by atoms with Crippen LogP contribution in [0.25, 0.3) is 21.5 Å². The van der Waals surface area contributed by atoms with E-state index in [0.29, 0.717) is 21.9 Å². The van der Waals surface area contributed by atoms with Crippen LogP contribution in [0.2, 0.25) is 0 Å². The van der Waals surface area contributed by atoms with Crippen LogP contribution in [0.15, 0.2) is 82.6 Å². The van der Waals surface area contributed by atoms with Gasteiger partial charge in [-0.25, -0.2) is 16.8 Å². The van der Waals surface area contributed by atoms with Crippen molar-refractivity contribution >= 4 is 41.8 Å². The average Bonchev–Trinajstić information content (AvgIpc) is 2.66. The van der Waals surface area contributed by atoms with Gasteiger partial charge in [-0.05, 0) is 63.4 Å². The molecule has 0 aliphatic heterocycles.